The van der Waals surface area contributed by atoms with Crippen LogP contribution in [0, 0.1) is 0 Å². The molecule has 1 aromatic heterocycles. The van der Waals surface area contributed by atoms with E-state index in [1.807, 2.05) is 0 Å². The number of hydrogen-bond acceptors (Lipinski definition) is 6. The summed E-state index contributed by atoms with van der Waals surface area (Å²) in [4.78, 5) is 17.0. The molecule has 2 aromatic rings. The summed E-state index contributed by atoms with van der Waals surface area (Å²) in [5.74, 6) is 0.165. The number of anilines is 1. The first-order valence-corrected chi connectivity index (χ1v) is 7.97. The van der Waals surface area contributed by atoms with Gasteiger partial charge < -0.3 is 29.6 Å². The third-order valence-electron chi connectivity index (χ3n) is 4.02. The van der Waals surface area contributed by atoms with Crippen LogP contribution in [-0.2, 0) is 4.74 Å². The highest BCUT2D eigenvalue weighted by Gasteiger charge is 2.23. The van der Waals surface area contributed by atoms with Crippen molar-refractivity contribution in [2.75, 3.05) is 24.6 Å². The van der Waals surface area contributed by atoms with Gasteiger partial charge in [-0.2, -0.15) is 4.98 Å². The first-order valence-electron chi connectivity index (χ1n) is 7.97. The Morgan fingerprint density at radius 1 is 1.50 bits per heavy atom. The number of ether oxygens (including phenoxy) is 1. The molecule has 2 heterocycles. The van der Waals surface area contributed by atoms with Gasteiger partial charge in [0, 0.05) is 19.2 Å². The van der Waals surface area contributed by atoms with E-state index in [1.165, 1.54) is 0 Å². The number of piperidine rings is 1. The topological polar surface area (TPSA) is 108 Å². The molecule has 1 atom stereocenters. The SMILES string of the molecule is C[C@@H](COC1CCN(c2nc3cc(O)ccc3o2)CC1)NC(=O)O. The Kier molecular flexibility index (Phi) is 4.75. The van der Waals surface area contributed by atoms with Crippen molar-refractivity contribution in [2.24, 2.45) is 0 Å². The monoisotopic (exact) mass is 335 g/mol. The lowest BCUT2D eigenvalue weighted by Crippen LogP contribution is -2.40. The van der Waals surface area contributed by atoms with Gasteiger partial charge in [0.1, 0.15) is 11.3 Å². The lowest BCUT2D eigenvalue weighted by molar-refractivity contribution is 0.0260. The van der Waals surface area contributed by atoms with Crippen molar-refractivity contribution in [1.82, 2.24) is 10.3 Å². The van der Waals surface area contributed by atoms with Gasteiger partial charge in [-0.25, -0.2) is 4.79 Å². The van der Waals surface area contributed by atoms with E-state index in [1.54, 1.807) is 25.1 Å². The van der Waals surface area contributed by atoms with Crippen LogP contribution >= 0.6 is 0 Å². The molecule has 1 aliphatic rings. The van der Waals surface area contributed by atoms with E-state index in [4.69, 9.17) is 14.3 Å². The van der Waals surface area contributed by atoms with E-state index >= 15 is 0 Å². The maximum absolute atomic E-state index is 10.5. The molecule has 0 bridgehead atoms. The summed E-state index contributed by atoms with van der Waals surface area (Å²) in [6.45, 7) is 3.64. The number of nitrogens with zero attached hydrogens (tertiary/aromatic N) is 2. The van der Waals surface area contributed by atoms with Gasteiger partial charge in [-0.1, -0.05) is 0 Å². The molecule has 1 fully saturated rings. The number of amides is 1. The van der Waals surface area contributed by atoms with Gasteiger partial charge in [0.15, 0.2) is 5.58 Å². The molecule has 1 saturated heterocycles. The zero-order valence-electron chi connectivity index (χ0n) is 13.4. The Labute approximate surface area is 139 Å². The minimum Gasteiger partial charge on any atom is -0.508 e. The number of phenolic OH excluding ortho intramolecular Hbond substituents is 1. The highest BCUT2D eigenvalue weighted by Crippen LogP contribution is 2.27. The Bertz CT molecular complexity index is 709. The molecule has 1 aliphatic heterocycles. The van der Waals surface area contributed by atoms with Crippen LogP contribution < -0.4 is 10.2 Å². The van der Waals surface area contributed by atoms with Gasteiger partial charge in [0.2, 0.25) is 0 Å². The standard InChI is InChI=1S/C16H21N3O5/c1-10(17-16(21)22)9-23-12-4-6-19(7-5-12)15-18-13-8-11(20)2-3-14(13)24-15/h2-3,8,10,12,17,20H,4-7,9H2,1H3,(H,21,22)/t10-/m0/s1. The molecule has 24 heavy (non-hydrogen) atoms. The smallest absolute Gasteiger partial charge is 0.404 e. The first kappa shape index (κ1) is 16.4. The second kappa shape index (κ2) is 6.96. The van der Waals surface area contributed by atoms with Gasteiger partial charge in [0.25, 0.3) is 6.01 Å². The molecule has 1 amide bonds. The zero-order valence-corrected chi connectivity index (χ0v) is 13.4. The number of aromatic nitrogens is 1. The number of hydrogen-bond donors (Lipinski definition) is 3. The largest absolute Gasteiger partial charge is 0.508 e. The van der Waals surface area contributed by atoms with Gasteiger partial charge in [-0.15, -0.1) is 0 Å². The second-order valence-electron chi connectivity index (χ2n) is 6.02. The molecule has 3 rings (SSSR count). The van der Waals surface area contributed by atoms with Gasteiger partial charge >= 0.3 is 6.09 Å². The number of carboxylic acid groups (broad SMARTS) is 1. The predicted molar refractivity (Wildman–Crippen MR) is 87.5 cm³/mol. The number of benzene rings is 1. The van der Waals surface area contributed by atoms with Crippen LogP contribution in [0.4, 0.5) is 10.8 Å². The maximum Gasteiger partial charge on any atom is 0.404 e. The molecule has 0 spiro atoms. The summed E-state index contributed by atoms with van der Waals surface area (Å²) < 4.78 is 11.5. The van der Waals surface area contributed by atoms with Crippen LogP contribution in [0.2, 0.25) is 0 Å². The quantitative estimate of drug-likeness (QED) is 0.768. The second-order valence-corrected chi connectivity index (χ2v) is 6.02. The highest BCUT2D eigenvalue weighted by molar-refractivity contribution is 5.76. The van der Waals surface area contributed by atoms with Gasteiger partial charge in [-0.05, 0) is 31.9 Å². The van der Waals surface area contributed by atoms with Crippen LogP contribution in [0.5, 0.6) is 5.75 Å². The van der Waals surface area contributed by atoms with Crippen LogP contribution in [0.1, 0.15) is 19.8 Å². The highest BCUT2D eigenvalue weighted by atomic mass is 16.5. The molecule has 0 unspecified atom stereocenters. The van der Waals surface area contributed by atoms with Crippen LogP contribution in [0.25, 0.3) is 11.1 Å². The lowest BCUT2D eigenvalue weighted by atomic mass is 10.1. The van der Waals surface area contributed by atoms with Crippen LogP contribution in [-0.4, -0.2) is 53.1 Å². The van der Waals surface area contributed by atoms with Gasteiger partial charge in [-0.3, -0.25) is 0 Å². The third-order valence-corrected chi connectivity index (χ3v) is 4.02. The predicted octanol–water partition coefficient (Wildman–Crippen LogP) is 2.17. The summed E-state index contributed by atoms with van der Waals surface area (Å²) in [7, 11) is 0. The average Bonchev–Trinajstić information content (AvgIpc) is 2.96. The van der Waals surface area contributed by atoms with Crippen molar-refractivity contribution < 1.29 is 24.2 Å². The van der Waals surface area contributed by atoms with Crippen molar-refractivity contribution in [3.05, 3.63) is 18.2 Å². The summed E-state index contributed by atoms with van der Waals surface area (Å²) >= 11 is 0. The van der Waals surface area contributed by atoms with E-state index in [2.05, 4.69) is 15.2 Å². The fourth-order valence-electron chi connectivity index (χ4n) is 2.79. The van der Waals surface area contributed by atoms with Gasteiger partial charge in [0.05, 0.1) is 18.8 Å². The zero-order chi connectivity index (χ0) is 17.1. The molecular formula is C16H21N3O5. The van der Waals surface area contributed by atoms with E-state index < -0.39 is 6.09 Å². The van der Waals surface area contributed by atoms with Crippen LogP contribution in [0.15, 0.2) is 22.6 Å². The minimum atomic E-state index is -1.04. The number of nitrogens with one attached hydrogen (secondary N) is 1. The third kappa shape index (κ3) is 3.88. The number of aromatic hydroxyl groups is 1. The summed E-state index contributed by atoms with van der Waals surface area (Å²) in [6, 6.07) is 5.17. The fraction of sp³-hybridized carbons (Fsp3) is 0.500. The van der Waals surface area contributed by atoms with Crippen molar-refractivity contribution >= 4 is 23.2 Å². The first-order chi connectivity index (χ1) is 11.5. The summed E-state index contributed by atoms with van der Waals surface area (Å²) in [5, 5.41) is 20.5. The molecule has 1 aromatic carbocycles. The number of carbonyl (C=O) groups is 1. The van der Waals surface area contributed by atoms with Crippen molar-refractivity contribution in [2.45, 2.75) is 31.9 Å². The van der Waals surface area contributed by atoms with E-state index in [0.29, 0.717) is 23.7 Å². The molecular weight excluding hydrogens is 314 g/mol. The number of phenols is 1. The lowest BCUT2D eigenvalue weighted by Gasteiger charge is -2.31. The molecule has 0 saturated carbocycles. The Morgan fingerprint density at radius 2 is 2.25 bits per heavy atom. The molecule has 0 radical (unpaired) electrons. The number of oxazole rings is 1. The normalized spacial score (nSPS) is 17.1. The van der Waals surface area contributed by atoms with Crippen LogP contribution in [0.3, 0.4) is 0 Å². The summed E-state index contributed by atoms with van der Waals surface area (Å²) in [6.07, 6.45) is 0.712. The van der Waals surface area contributed by atoms with Crippen molar-refractivity contribution in [3.8, 4) is 5.75 Å². The minimum absolute atomic E-state index is 0.104. The van der Waals surface area contributed by atoms with Crippen molar-refractivity contribution in [1.29, 1.82) is 0 Å². The molecule has 8 heteroatoms. The van der Waals surface area contributed by atoms with E-state index in [9.17, 15) is 9.90 Å². The van der Waals surface area contributed by atoms with E-state index in [0.717, 1.165) is 25.9 Å². The fourth-order valence-corrected chi connectivity index (χ4v) is 2.79. The Hall–Kier alpha value is -2.48. The summed E-state index contributed by atoms with van der Waals surface area (Å²) in [5.41, 5.74) is 1.28. The Morgan fingerprint density at radius 3 is 2.96 bits per heavy atom. The van der Waals surface area contributed by atoms with E-state index in [-0.39, 0.29) is 17.9 Å². The molecule has 0 aliphatic carbocycles. The van der Waals surface area contributed by atoms with Crippen molar-refractivity contribution in [3.63, 3.8) is 0 Å². The molecule has 3 N–H and O–H groups in total. The maximum atomic E-state index is 10.5. The molecule has 8 nitrogen and oxygen atoms in total. The molecule has 130 valence electrons. The number of rotatable bonds is 5. The average molecular weight is 335 g/mol. The Balaban J connectivity index is 1.51. The number of fused-ring (bicyclic) bond motifs is 1.